The van der Waals surface area contributed by atoms with Crippen molar-refractivity contribution < 1.29 is 14.7 Å². The fraction of sp³-hybridized carbons (Fsp3) is 0.385. The van der Waals surface area contributed by atoms with Crippen molar-refractivity contribution in [2.24, 2.45) is 5.73 Å². The van der Waals surface area contributed by atoms with Gasteiger partial charge in [-0.1, -0.05) is 24.9 Å². The third kappa shape index (κ3) is 4.89. The van der Waals surface area contributed by atoms with Crippen LogP contribution in [0.25, 0.3) is 0 Å². The van der Waals surface area contributed by atoms with Crippen LogP contribution in [0.3, 0.4) is 0 Å². The van der Waals surface area contributed by atoms with Crippen LogP contribution in [0.5, 0.6) is 0 Å². The normalized spacial score (nSPS) is 11.9. The van der Waals surface area contributed by atoms with E-state index in [9.17, 15) is 9.59 Å². The number of carboxylic acid groups (broad SMARTS) is 1. The highest BCUT2D eigenvalue weighted by molar-refractivity contribution is 6.31. The minimum absolute atomic E-state index is 0.00168. The summed E-state index contributed by atoms with van der Waals surface area (Å²) in [6.45, 7) is 1.98. The zero-order chi connectivity index (χ0) is 14.4. The van der Waals surface area contributed by atoms with Crippen molar-refractivity contribution >= 4 is 29.2 Å². The summed E-state index contributed by atoms with van der Waals surface area (Å²) < 4.78 is 0. The maximum absolute atomic E-state index is 11.8. The number of nitrogens with one attached hydrogen (secondary N) is 1. The van der Waals surface area contributed by atoms with E-state index in [-0.39, 0.29) is 29.6 Å². The second kappa shape index (κ2) is 7.11. The third-order valence-corrected chi connectivity index (χ3v) is 2.83. The average Bonchev–Trinajstić information content (AvgIpc) is 2.28. The van der Waals surface area contributed by atoms with E-state index in [2.05, 4.69) is 5.32 Å². The molecule has 0 heterocycles. The topological polar surface area (TPSA) is 92.4 Å². The lowest BCUT2D eigenvalue weighted by Crippen LogP contribution is -2.27. The molecule has 0 aliphatic rings. The molecule has 0 saturated carbocycles. The maximum Gasteiger partial charge on any atom is 0.337 e. The van der Waals surface area contributed by atoms with Crippen LogP contribution in [-0.4, -0.2) is 23.0 Å². The lowest BCUT2D eigenvalue weighted by atomic mass is 10.1. The SMILES string of the molecule is CCCC(N)CC(=O)Nc1cc(Cl)ccc1C(=O)O. The summed E-state index contributed by atoms with van der Waals surface area (Å²) in [4.78, 5) is 22.8. The Morgan fingerprint density at radius 1 is 1.47 bits per heavy atom. The first-order valence-corrected chi connectivity index (χ1v) is 6.40. The number of hydrogen-bond acceptors (Lipinski definition) is 3. The molecule has 1 amide bonds. The minimum atomic E-state index is -1.12. The molecule has 0 aliphatic carbocycles. The highest BCUT2D eigenvalue weighted by atomic mass is 35.5. The predicted octanol–water partition coefficient (Wildman–Crippen LogP) is 2.49. The van der Waals surface area contributed by atoms with Crippen LogP contribution in [0, 0.1) is 0 Å². The van der Waals surface area contributed by atoms with E-state index in [1.165, 1.54) is 18.2 Å². The molecule has 0 bridgehead atoms. The molecule has 0 aliphatic heterocycles. The highest BCUT2D eigenvalue weighted by Gasteiger charge is 2.14. The summed E-state index contributed by atoms with van der Waals surface area (Å²) >= 11 is 5.79. The number of anilines is 1. The van der Waals surface area contributed by atoms with Crippen LogP contribution in [0.1, 0.15) is 36.5 Å². The highest BCUT2D eigenvalue weighted by Crippen LogP contribution is 2.21. The lowest BCUT2D eigenvalue weighted by molar-refractivity contribution is -0.116. The Hall–Kier alpha value is -1.59. The molecule has 0 spiro atoms. The number of amides is 1. The van der Waals surface area contributed by atoms with Crippen LogP contribution < -0.4 is 11.1 Å². The number of aromatic carboxylic acids is 1. The number of halogens is 1. The third-order valence-electron chi connectivity index (χ3n) is 2.59. The van der Waals surface area contributed by atoms with Crippen LogP contribution >= 0.6 is 11.6 Å². The fourth-order valence-electron chi connectivity index (χ4n) is 1.72. The monoisotopic (exact) mass is 284 g/mol. The van der Waals surface area contributed by atoms with Crippen molar-refractivity contribution in [2.75, 3.05) is 5.32 Å². The number of carboxylic acids is 1. The quantitative estimate of drug-likeness (QED) is 0.748. The maximum atomic E-state index is 11.8. The van der Waals surface area contributed by atoms with E-state index in [1.54, 1.807) is 0 Å². The molecule has 5 nitrogen and oxygen atoms in total. The van der Waals surface area contributed by atoms with E-state index in [0.29, 0.717) is 5.02 Å². The number of hydrogen-bond donors (Lipinski definition) is 3. The Bertz CT molecular complexity index is 477. The van der Waals surface area contributed by atoms with Crippen molar-refractivity contribution in [1.82, 2.24) is 0 Å². The van der Waals surface area contributed by atoms with Crippen molar-refractivity contribution in [3.8, 4) is 0 Å². The van der Waals surface area contributed by atoms with Crippen LogP contribution in [0.15, 0.2) is 18.2 Å². The Morgan fingerprint density at radius 2 is 2.16 bits per heavy atom. The van der Waals surface area contributed by atoms with Gasteiger partial charge in [-0.2, -0.15) is 0 Å². The zero-order valence-corrected chi connectivity index (χ0v) is 11.4. The molecule has 0 radical (unpaired) electrons. The van der Waals surface area contributed by atoms with E-state index in [0.717, 1.165) is 12.8 Å². The molecule has 19 heavy (non-hydrogen) atoms. The molecular weight excluding hydrogens is 268 g/mol. The molecule has 0 aromatic heterocycles. The van der Waals surface area contributed by atoms with E-state index in [4.69, 9.17) is 22.4 Å². The molecule has 4 N–H and O–H groups in total. The molecule has 1 aromatic rings. The average molecular weight is 285 g/mol. The summed E-state index contributed by atoms with van der Waals surface area (Å²) in [5.74, 6) is -1.43. The molecule has 1 unspecified atom stereocenters. The first-order chi connectivity index (χ1) is 8.93. The molecule has 1 atom stereocenters. The van der Waals surface area contributed by atoms with Gasteiger partial charge in [0, 0.05) is 17.5 Å². The molecular formula is C13H17ClN2O3. The van der Waals surface area contributed by atoms with Gasteiger partial charge >= 0.3 is 5.97 Å². The fourth-order valence-corrected chi connectivity index (χ4v) is 1.89. The standard InChI is InChI=1S/C13H17ClN2O3/c1-2-3-9(15)7-12(17)16-11-6-8(14)4-5-10(11)13(18)19/h4-6,9H,2-3,7,15H2,1H3,(H,16,17)(H,18,19). The molecule has 1 aromatic carbocycles. The molecule has 1 rings (SSSR count). The first-order valence-electron chi connectivity index (χ1n) is 6.02. The van der Waals surface area contributed by atoms with Gasteiger partial charge in [0.1, 0.15) is 0 Å². The van der Waals surface area contributed by atoms with Crippen molar-refractivity contribution in [3.05, 3.63) is 28.8 Å². The summed E-state index contributed by atoms with van der Waals surface area (Å²) in [7, 11) is 0. The molecule has 6 heteroatoms. The smallest absolute Gasteiger partial charge is 0.337 e. The lowest BCUT2D eigenvalue weighted by Gasteiger charge is -2.12. The van der Waals surface area contributed by atoms with Gasteiger partial charge in [-0.05, 0) is 24.6 Å². The van der Waals surface area contributed by atoms with Gasteiger partial charge in [-0.15, -0.1) is 0 Å². The second-order valence-electron chi connectivity index (χ2n) is 4.30. The Kier molecular flexibility index (Phi) is 5.79. The minimum Gasteiger partial charge on any atom is -0.478 e. The molecule has 0 fully saturated rings. The van der Waals surface area contributed by atoms with Gasteiger partial charge in [0.25, 0.3) is 0 Å². The molecule has 0 saturated heterocycles. The van der Waals surface area contributed by atoms with E-state index >= 15 is 0 Å². The zero-order valence-electron chi connectivity index (χ0n) is 10.6. The number of nitrogens with two attached hydrogens (primary N) is 1. The van der Waals surface area contributed by atoms with Gasteiger partial charge in [0.05, 0.1) is 11.3 Å². The van der Waals surface area contributed by atoms with Gasteiger partial charge in [-0.3, -0.25) is 4.79 Å². The summed E-state index contributed by atoms with van der Waals surface area (Å²) in [6, 6.07) is 4.00. The number of carbonyl (C=O) groups excluding carboxylic acids is 1. The van der Waals surface area contributed by atoms with Crippen LogP contribution in [0.4, 0.5) is 5.69 Å². The number of rotatable bonds is 6. The van der Waals surface area contributed by atoms with Crippen LogP contribution in [0.2, 0.25) is 5.02 Å². The summed E-state index contributed by atoms with van der Waals surface area (Å²) in [5, 5.41) is 11.9. The second-order valence-corrected chi connectivity index (χ2v) is 4.73. The number of benzene rings is 1. The Balaban J connectivity index is 2.78. The summed E-state index contributed by atoms with van der Waals surface area (Å²) in [5.41, 5.74) is 5.95. The number of carbonyl (C=O) groups is 2. The van der Waals surface area contributed by atoms with Crippen molar-refractivity contribution in [2.45, 2.75) is 32.2 Å². The Morgan fingerprint density at radius 3 is 2.74 bits per heavy atom. The van der Waals surface area contributed by atoms with E-state index < -0.39 is 5.97 Å². The Labute approximate surface area is 116 Å². The van der Waals surface area contributed by atoms with Gasteiger partial charge < -0.3 is 16.2 Å². The van der Waals surface area contributed by atoms with Gasteiger partial charge in [0.2, 0.25) is 5.91 Å². The summed E-state index contributed by atoms with van der Waals surface area (Å²) in [6.07, 6.45) is 1.79. The first kappa shape index (κ1) is 15.5. The van der Waals surface area contributed by atoms with Gasteiger partial charge in [0.15, 0.2) is 0 Å². The molecule has 104 valence electrons. The predicted molar refractivity (Wildman–Crippen MR) is 74.5 cm³/mol. The van der Waals surface area contributed by atoms with Gasteiger partial charge in [-0.25, -0.2) is 4.79 Å². The van der Waals surface area contributed by atoms with Crippen molar-refractivity contribution in [1.29, 1.82) is 0 Å². The van der Waals surface area contributed by atoms with E-state index in [1.807, 2.05) is 6.92 Å². The van der Waals surface area contributed by atoms with Crippen molar-refractivity contribution in [3.63, 3.8) is 0 Å². The van der Waals surface area contributed by atoms with Crippen LogP contribution in [-0.2, 0) is 4.79 Å². The largest absolute Gasteiger partial charge is 0.478 e.